The van der Waals surface area contributed by atoms with E-state index >= 15 is 0 Å². The molecule has 3 nitrogen and oxygen atoms in total. The fourth-order valence-corrected chi connectivity index (χ4v) is 3.48. The molecule has 7 heteroatoms. The quantitative estimate of drug-likeness (QED) is 0.373. The average Bonchev–Trinajstić information content (AvgIpc) is 2.97. The van der Waals surface area contributed by atoms with Crippen LogP contribution >= 0.6 is 15.9 Å². The molecule has 0 bridgehead atoms. The Labute approximate surface area is 168 Å². The largest absolute Gasteiger partial charge is 0.417 e. The second kappa shape index (κ2) is 7.05. The number of pyridine rings is 1. The molecule has 2 aromatic carbocycles. The molecule has 0 aliphatic carbocycles. The van der Waals surface area contributed by atoms with Gasteiger partial charge in [0.15, 0.2) is 5.65 Å². The van der Waals surface area contributed by atoms with Gasteiger partial charge in [-0.25, -0.2) is 9.67 Å². The van der Waals surface area contributed by atoms with E-state index in [2.05, 4.69) is 26.0 Å². The molecule has 0 unspecified atom stereocenters. The lowest BCUT2D eigenvalue weighted by atomic mass is 10.1. The maximum atomic E-state index is 13.8. The van der Waals surface area contributed by atoms with Crippen molar-refractivity contribution in [3.8, 4) is 11.3 Å². The molecular weight excluding hydrogens is 431 g/mol. The lowest BCUT2D eigenvalue weighted by molar-refractivity contribution is -0.136. The molecule has 4 aromatic rings. The van der Waals surface area contributed by atoms with Crippen molar-refractivity contribution in [2.24, 2.45) is 0 Å². The number of benzene rings is 2. The molecule has 0 atom stereocenters. The Morgan fingerprint density at radius 1 is 1.00 bits per heavy atom. The van der Waals surface area contributed by atoms with E-state index in [0.29, 0.717) is 17.8 Å². The molecule has 0 N–H and O–H groups in total. The third-order valence-corrected chi connectivity index (χ3v) is 5.03. The zero-order chi connectivity index (χ0) is 19.9. The fraction of sp³-hybridized carbons (Fsp3) is 0.143. The van der Waals surface area contributed by atoms with E-state index < -0.39 is 11.7 Å². The minimum Gasteiger partial charge on any atom is -0.243 e. The first-order chi connectivity index (χ1) is 13.3. The van der Waals surface area contributed by atoms with Gasteiger partial charge in [-0.1, -0.05) is 58.4 Å². The van der Waals surface area contributed by atoms with Crippen LogP contribution in [-0.2, 0) is 12.7 Å². The van der Waals surface area contributed by atoms with E-state index in [9.17, 15) is 13.2 Å². The predicted molar refractivity (Wildman–Crippen MR) is 106 cm³/mol. The van der Waals surface area contributed by atoms with Gasteiger partial charge in [0.05, 0.1) is 28.9 Å². The molecular formula is C21H15BrF3N3. The number of fused-ring (bicyclic) bond motifs is 1. The zero-order valence-electron chi connectivity index (χ0n) is 14.8. The van der Waals surface area contributed by atoms with Crippen molar-refractivity contribution >= 4 is 27.0 Å². The molecule has 0 saturated carbocycles. The van der Waals surface area contributed by atoms with E-state index in [4.69, 9.17) is 0 Å². The summed E-state index contributed by atoms with van der Waals surface area (Å²) in [5.74, 6) is 0. The second-order valence-corrected chi connectivity index (χ2v) is 7.40. The van der Waals surface area contributed by atoms with Gasteiger partial charge in [-0.2, -0.15) is 18.3 Å². The molecule has 4 rings (SSSR count). The second-order valence-electron chi connectivity index (χ2n) is 6.49. The van der Waals surface area contributed by atoms with Crippen LogP contribution < -0.4 is 0 Å². The van der Waals surface area contributed by atoms with Crippen molar-refractivity contribution in [2.75, 3.05) is 0 Å². The molecule has 142 valence electrons. The van der Waals surface area contributed by atoms with Crippen molar-refractivity contribution in [3.63, 3.8) is 0 Å². The van der Waals surface area contributed by atoms with Crippen LogP contribution in [0.5, 0.6) is 0 Å². The van der Waals surface area contributed by atoms with E-state index in [1.165, 1.54) is 4.68 Å². The maximum absolute atomic E-state index is 13.8. The highest BCUT2D eigenvalue weighted by atomic mass is 79.9. The van der Waals surface area contributed by atoms with Gasteiger partial charge < -0.3 is 0 Å². The summed E-state index contributed by atoms with van der Waals surface area (Å²) in [5.41, 5.74) is 1.65. The summed E-state index contributed by atoms with van der Waals surface area (Å²) < 4.78 is 43.8. The highest BCUT2D eigenvalue weighted by Gasteiger charge is 2.35. The Bertz CT molecular complexity index is 1130. The van der Waals surface area contributed by atoms with Gasteiger partial charge in [-0.15, -0.1) is 0 Å². The molecule has 0 saturated heterocycles. The lowest BCUT2D eigenvalue weighted by Crippen LogP contribution is -2.08. The normalized spacial score (nSPS) is 11.9. The van der Waals surface area contributed by atoms with Gasteiger partial charge in [0.25, 0.3) is 0 Å². The molecule has 0 aliphatic rings. The van der Waals surface area contributed by atoms with Gasteiger partial charge in [0.1, 0.15) is 0 Å². The van der Waals surface area contributed by atoms with Crippen LogP contribution in [-0.4, -0.2) is 14.8 Å². The van der Waals surface area contributed by atoms with Crippen molar-refractivity contribution in [1.82, 2.24) is 14.8 Å². The minimum atomic E-state index is -4.50. The Hall–Kier alpha value is -2.67. The fourth-order valence-electron chi connectivity index (χ4n) is 3.21. The summed E-state index contributed by atoms with van der Waals surface area (Å²) in [7, 11) is 0. The Morgan fingerprint density at radius 3 is 2.32 bits per heavy atom. The van der Waals surface area contributed by atoms with Crippen LogP contribution in [0.2, 0.25) is 0 Å². The van der Waals surface area contributed by atoms with E-state index in [-0.39, 0.29) is 16.7 Å². The molecule has 0 radical (unpaired) electrons. The Balaban J connectivity index is 1.95. The van der Waals surface area contributed by atoms with Gasteiger partial charge in [-0.3, -0.25) is 0 Å². The smallest absolute Gasteiger partial charge is 0.243 e. The van der Waals surface area contributed by atoms with Crippen LogP contribution in [0.15, 0.2) is 65.1 Å². The Kier molecular flexibility index (Phi) is 4.71. The predicted octanol–water partition coefficient (Wildman–Crippen LogP) is 6.24. The van der Waals surface area contributed by atoms with Crippen LogP contribution in [0.4, 0.5) is 13.2 Å². The minimum absolute atomic E-state index is 0.0456. The van der Waals surface area contributed by atoms with E-state index in [1.807, 2.05) is 30.3 Å². The number of hydrogen-bond acceptors (Lipinski definition) is 2. The van der Waals surface area contributed by atoms with Gasteiger partial charge in [0.2, 0.25) is 0 Å². The van der Waals surface area contributed by atoms with E-state index in [0.717, 1.165) is 16.1 Å². The van der Waals surface area contributed by atoms with Crippen molar-refractivity contribution in [1.29, 1.82) is 0 Å². The van der Waals surface area contributed by atoms with Crippen molar-refractivity contribution in [2.45, 2.75) is 19.6 Å². The van der Waals surface area contributed by atoms with Gasteiger partial charge in [-0.05, 0) is 30.7 Å². The first-order valence-corrected chi connectivity index (χ1v) is 9.37. The van der Waals surface area contributed by atoms with Crippen LogP contribution in [0.3, 0.4) is 0 Å². The number of hydrogen-bond donors (Lipinski definition) is 0. The van der Waals surface area contributed by atoms with Crippen LogP contribution in [0.25, 0.3) is 22.3 Å². The number of nitrogens with zero attached hydrogens (tertiary/aromatic N) is 3. The molecule has 0 fully saturated rings. The first-order valence-electron chi connectivity index (χ1n) is 8.58. The van der Waals surface area contributed by atoms with Crippen LogP contribution in [0, 0.1) is 6.92 Å². The number of aryl methyl sites for hydroxylation is 1. The summed E-state index contributed by atoms with van der Waals surface area (Å²) in [6.45, 7) is 1.93. The lowest BCUT2D eigenvalue weighted by Gasteiger charge is -2.12. The number of halogens is 4. The molecule has 0 spiro atoms. The molecule has 2 heterocycles. The van der Waals surface area contributed by atoms with Crippen molar-refractivity contribution in [3.05, 3.63) is 82.0 Å². The summed E-state index contributed by atoms with van der Waals surface area (Å²) >= 11 is 3.34. The SMILES string of the molecule is Cc1nn(Cc2ccccc2)c2nc(-c3ccc(Br)cc3)cc(C(F)(F)F)c12. The zero-order valence-corrected chi connectivity index (χ0v) is 16.4. The monoisotopic (exact) mass is 445 g/mol. The number of rotatable bonds is 3. The van der Waals surface area contributed by atoms with Gasteiger partial charge in [0, 0.05) is 10.0 Å². The summed E-state index contributed by atoms with van der Waals surface area (Å²) in [6.07, 6.45) is -4.50. The summed E-state index contributed by atoms with van der Waals surface area (Å²) in [6, 6.07) is 17.6. The summed E-state index contributed by atoms with van der Waals surface area (Å²) in [4.78, 5) is 4.55. The third kappa shape index (κ3) is 3.54. The maximum Gasteiger partial charge on any atom is 0.417 e. The van der Waals surface area contributed by atoms with E-state index in [1.54, 1.807) is 31.2 Å². The van der Waals surface area contributed by atoms with Crippen molar-refractivity contribution < 1.29 is 13.2 Å². The molecule has 0 amide bonds. The first kappa shape index (κ1) is 18.7. The van der Waals surface area contributed by atoms with Crippen LogP contribution in [0.1, 0.15) is 16.8 Å². The Morgan fingerprint density at radius 2 is 1.68 bits per heavy atom. The molecule has 0 aliphatic heterocycles. The molecule has 28 heavy (non-hydrogen) atoms. The standard InChI is InChI=1S/C21H15BrF3N3/c1-13-19-17(21(23,24)25)11-18(15-7-9-16(22)10-8-15)26-20(19)28(27-13)12-14-5-3-2-4-6-14/h2-11H,12H2,1H3. The number of alkyl halides is 3. The third-order valence-electron chi connectivity index (χ3n) is 4.50. The van der Waals surface area contributed by atoms with Gasteiger partial charge >= 0.3 is 6.18 Å². The number of aromatic nitrogens is 3. The summed E-state index contributed by atoms with van der Waals surface area (Å²) in [5, 5.41) is 4.40. The average molecular weight is 446 g/mol. The topological polar surface area (TPSA) is 30.7 Å². The molecule has 2 aromatic heterocycles. The highest BCUT2D eigenvalue weighted by Crippen LogP contribution is 2.38. The highest BCUT2D eigenvalue weighted by molar-refractivity contribution is 9.10.